The zero-order valence-electron chi connectivity index (χ0n) is 14.2. The number of halogens is 1. The maximum Gasteiger partial charge on any atom is 0.346 e. The van der Waals surface area contributed by atoms with Gasteiger partial charge < -0.3 is 15.1 Å². The minimum atomic E-state index is -0.258. The molecule has 1 aliphatic heterocycles. The molecule has 0 atom stereocenters. The summed E-state index contributed by atoms with van der Waals surface area (Å²) in [7, 11) is 0. The SMILES string of the molecule is CCn1c(C2CCNCC2)nn(CC(=O)NCc2ccco2)c1=O.Cl. The molecule has 2 aromatic rings. The fraction of sp³-hybridized carbons (Fsp3) is 0.562. The van der Waals surface area contributed by atoms with E-state index in [-0.39, 0.29) is 36.5 Å². The van der Waals surface area contributed by atoms with E-state index in [0.29, 0.717) is 18.8 Å². The number of nitrogens with one attached hydrogen (secondary N) is 2. The standard InChI is InChI=1S/C16H23N5O3.ClH/c1-2-20-15(12-5-7-17-8-6-12)19-21(16(20)23)11-14(22)18-10-13-4-3-9-24-13;/h3-4,9,12,17H,2,5-8,10-11H2,1H3,(H,18,22);1H. The van der Waals surface area contributed by atoms with Crippen LogP contribution in [-0.4, -0.2) is 33.3 Å². The molecule has 0 radical (unpaired) electrons. The zero-order valence-corrected chi connectivity index (χ0v) is 15.1. The monoisotopic (exact) mass is 369 g/mol. The molecular weight excluding hydrogens is 346 g/mol. The fourth-order valence-corrected chi connectivity index (χ4v) is 3.03. The van der Waals surface area contributed by atoms with E-state index in [9.17, 15) is 9.59 Å². The van der Waals surface area contributed by atoms with Crippen molar-refractivity contribution in [2.75, 3.05) is 13.1 Å². The van der Waals surface area contributed by atoms with Gasteiger partial charge >= 0.3 is 5.69 Å². The molecule has 9 heteroatoms. The second kappa shape index (κ2) is 8.87. The number of carbonyl (C=O) groups is 1. The van der Waals surface area contributed by atoms with Crippen LogP contribution in [-0.2, 0) is 24.4 Å². The fourth-order valence-electron chi connectivity index (χ4n) is 3.03. The number of rotatable bonds is 6. The van der Waals surface area contributed by atoms with Gasteiger partial charge in [0.15, 0.2) is 0 Å². The predicted molar refractivity (Wildman–Crippen MR) is 94.8 cm³/mol. The number of hydrogen-bond acceptors (Lipinski definition) is 5. The van der Waals surface area contributed by atoms with E-state index in [0.717, 1.165) is 31.8 Å². The van der Waals surface area contributed by atoms with Crippen molar-refractivity contribution in [2.24, 2.45) is 0 Å². The third kappa shape index (κ3) is 4.52. The van der Waals surface area contributed by atoms with E-state index in [1.165, 1.54) is 4.68 Å². The van der Waals surface area contributed by atoms with Gasteiger partial charge in [0.05, 0.1) is 12.8 Å². The Labute approximate surface area is 152 Å². The van der Waals surface area contributed by atoms with Crippen molar-refractivity contribution in [3.05, 3.63) is 40.5 Å². The first kappa shape index (κ1) is 19.3. The first-order chi connectivity index (χ1) is 11.7. The summed E-state index contributed by atoms with van der Waals surface area (Å²) in [5, 5.41) is 10.5. The number of carbonyl (C=O) groups excluding carboxylic acids is 1. The summed E-state index contributed by atoms with van der Waals surface area (Å²) >= 11 is 0. The highest BCUT2D eigenvalue weighted by Gasteiger charge is 2.23. The number of aromatic nitrogens is 3. The Morgan fingerprint density at radius 1 is 1.44 bits per heavy atom. The second-order valence-electron chi connectivity index (χ2n) is 5.92. The van der Waals surface area contributed by atoms with Crippen molar-refractivity contribution in [3.63, 3.8) is 0 Å². The molecule has 0 aliphatic carbocycles. The van der Waals surface area contributed by atoms with Crippen molar-refractivity contribution >= 4 is 18.3 Å². The lowest BCUT2D eigenvalue weighted by Crippen LogP contribution is -2.33. The summed E-state index contributed by atoms with van der Waals surface area (Å²) in [5.41, 5.74) is -0.223. The van der Waals surface area contributed by atoms with Gasteiger partial charge in [-0.25, -0.2) is 9.48 Å². The minimum absolute atomic E-state index is 0. The van der Waals surface area contributed by atoms with Crippen LogP contribution in [0, 0.1) is 0 Å². The van der Waals surface area contributed by atoms with Crippen molar-refractivity contribution in [3.8, 4) is 0 Å². The number of hydrogen-bond donors (Lipinski definition) is 2. The summed E-state index contributed by atoms with van der Waals surface area (Å²) in [4.78, 5) is 24.6. The Hall–Kier alpha value is -2.06. The van der Waals surface area contributed by atoms with Crippen LogP contribution in [0.2, 0.25) is 0 Å². The van der Waals surface area contributed by atoms with Crippen molar-refractivity contribution in [2.45, 2.75) is 45.3 Å². The molecule has 8 nitrogen and oxygen atoms in total. The van der Waals surface area contributed by atoms with Gasteiger partial charge in [0.2, 0.25) is 5.91 Å². The molecule has 0 unspecified atom stereocenters. The van der Waals surface area contributed by atoms with E-state index in [4.69, 9.17) is 4.42 Å². The topological polar surface area (TPSA) is 94.1 Å². The molecule has 2 N–H and O–H groups in total. The van der Waals surface area contributed by atoms with Crippen LogP contribution in [0.5, 0.6) is 0 Å². The summed E-state index contributed by atoms with van der Waals surface area (Å²) in [6.45, 7) is 4.57. The van der Waals surface area contributed by atoms with Crippen LogP contribution >= 0.6 is 12.4 Å². The average Bonchev–Trinajstić information content (AvgIpc) is 3.22. The van der Waals surface area contributed by atoms with Crippen LogP contribution in [0.25, 0.3) is 0 Å². The molecule has 3 heterocycles. The Morgan fingerprint density at radius 2 is 2.20 bits per heavy atom. The molecule has 0 aromatic carbocycles. The van der Waals surface area contributed by atoms with Gasteiger partial charge in [-0.1, -0.05) is 0 Å². The van der Waals surface area contributed by atoms with E-state index < -0.39 is 0 Å². The molecular formula is C16H24ClN5O3. The quantitative estimate of drug-likeness (QED) is 0.787. The van der Waals surface area contributed by atoms with Crippen molar-refractivity contribution in [1.29, 1.82) is 0 Å². The van der Waals surface area contributed by atoms with Gasteiger partial charge in [0.25, 0.3) is 0 Å². The second-order valence-corrected chi connectivity index (χ2v) is 5.92. The summed E-state index contributed by atoms with van der Waals surface area (Å²) in [6.07, 6.45) is 3.47. The highest BCUT2D eigenvalue weighted by Crippen LogP contribution is 2.22. The van der Waals surface area contributed by atoms with E-state index >= 15 is 0 Å². The first-order valence-electron chi connectivity index (χ1n) is 8.36. The molecule has 138 valence electrons. The molecule has 1 aliphatic rings. The minimum Gasteiger partial charge on any atom is -0.467 e. The van der Waals surface area contributed by atoms with Crippen molar-refractivity contribution in [1.82, 2.24) is 25.0 Å². The number of nitrogens with zero attached hydrogens (tertiary/aromatic N) is 3. The van der Waals surface area contributed by atoms with Crippen LogP contribution < -0.4 is 16.3 Å². The van der Waals surface area contributed by atoms with E-state index in [2.05, 4.69) is 15.7 Å². The predicted octanol–water partition coefficient (Wildman–Crippen LogP) is 0.863. The maximum atomic E-state index is 12.5. The molecule has 0 saturated carbocycles. The lowest BCUT2D eigenvalue weighted by Gasteiger charge is -2.21. The molecule has 3 rings (SSSR count). The Morgan fingerprint density at radius 3 is 2.84 bits per heavy atom. The van der Waals surface area contributed by atoms with Gasteiger partial charge in [0.1, 0.15) is 18.1 Å². The van der Waals surface area contributed by atoms with Crippen LogP contribution in [0.1, 0.15) is 37.3 Å². The van der Waals surface area contributed by atoms with Crippen LogP contribution in [0.15, 0.2) is 27.6 Å². The van der Waals surface area contributed by atoms with Gasteiger partial charge in [-0.3, -0.25) is 9.36 Å². The molecule has 1 saturated heterocycles. The Bertz CT molecular complexity index is 732. The highest BCUT2D eigenvalue weighted by atomic mass is 35.5. The number of amides is 1. The molecule has 2 aromatic heterocycles. The van der Waals surface area contributed by atoms with E-state index in [1.807, 2.05) is 6.92 Å². The van der Waals surface area contributed by atoms with Gasteiger partial charge in [-0.15, -0.1) is 12.4 Å². The highest BCUT2D eigenvalue weighted by molar-refractivity contribution is 5.85. The molecule has 1 amide bonds. The lowest BCUT2D eigenvalue weighted by atomic mass is 9.97. The number of piperidine rings is 1. The van der Waals surface area contributed by atoms with Crippen LogP contribution in [0.3, 0.4) is 0 Å². The summed E-state index contributed by atoms with van der Waals surface area (Å²) in [6, 6.07) is 3.55. The first-order valence-corrected chi connectivity index (χ1v) is 8.36. The largest absolute Gasteiger partial charge is 0.467 e. The summed E-state index contributed by atoms with van der Waals surface area (Å²) in [5.74, 6) is 1.48. The Kier molecular flexibility index (Phi) is 6.83. The molecule has 1 fully saturated rings. The average molecular weight is 370 g/mol. The smallest absolute Gasteiger partial charge is 0.346 e. The maximum absolute atomic E-state index is 12.5. The van der Waals surface area contributed by atoms with Gasteiger partial charge in [-0.05, 0) is 45.0 Å². The van der Waals surface area contributed by atoms with Crippen LogP contribution in [0.4, 0.5) is 0 Å². The van der Waals surface area contributed by atoms with E-state index in [1.54, 1.807) is 23.0 Å². The Balaban J connectivity index is 0.00000225. The molecule has 0 bridgehead atoms. The normalized spacial score (nSPS) is 14.9. The summed E-state index contributed by atoms with van der Waals surface area (Å²) < 4.78 is 8.11. The van der Waals surface area contributed by atoms with Gasteiger partial charge in [0, 0.05) is 12.5 Å². The molecule has 25 heavy (non-hydrogen) atoms. The molecule has 0 spiro atoms. The number of furan rings is 1. The van der Waals surface area contributed by atoms with Crippen molar-refractivity contribution < 1.29 is 9.21 Å². The van der Waals surface area contributed by atoms with Gasteiger partial charge in [-0.2, -0.15) is 5.10 Å². The third-order valence-corrected chi connectivity index (χ3v) is 4.31. The lowest BCUT2D eigenvalue weighted by molar-refractivity contribution is -0.122. The zero-order chi connectivity index (χ0) is 16.9. The third-order valence-electron chi connectivity index (χ3n) is 4.31.